The Morgan fingerprint density at radius 2 is 1.81 bits per heavy atom. The molecule has 0 saturated heterocycles. The molecule has 0 unspecified atom stereocenters. The first-order valence-corrected chi connectivity index (χ1v) is 7.95. The van der Waals surface area contributed by atoms with Crippen molar-refractivity contribution in [2.24, 2.45) is 0 Å². The maximum Gasteiger partial charge on any atom is 0.262 e. The van der Waals surface area contributed by atoms with E-state index in [9.17, 15) is 9.59 Å². The molecule has 3 rings (SSSR count). The van der Waals surface area contributed by atoms with Crippen LogP contribution in [0.3, 0.4) is 0 Å². The van der Waals surface area contributed by atoms with E-state index in [2.05, 4.69) is 10.3 Å². The van der Waals surface area contributed by atoms with Gasteiger partial charge < -0.3 is 15.8 Å². The fraction of sp³-hybridized carbons (Fsp3) is 0.0500. The highest BCUT2D eigenvalue weighted by Crippen LogP contribution is 2.17. The molecule has 1 heterocycles. The number of pyridine rings is 1. The maximum atomic E-state index is 12.4. The third-order valence-electron chi connectivity index (χ3n) is 3.58. The van der Waals surface area contributed by atoms with Gasteiger partial charge in [0.1, 0.15) is 5.75 Å². The van der Waals surface area contributed by atoms with Crippen LogP contribution in [0, 0.1) is 0 Å². The van der Waals surface area contributed by atoms with E-state index in [4.69, 9.17) is 10.5 Å². The summed E-state index contributed by atoms with van der Waals surface area (Å²) in [4.78, 5) is 28.2. The number of rotatable bonds is 6. The van der Waals surface area contributed by atoms with Crippen LogP contribution in [0.5, 0.6) is 5.75 Å². The molecule has 6 nitrogen and oxygen atoms in total. The van der Waals surface area contributed by atoms with Crippen molar-refractivity contribution in [3.05, 3.63) is 84.2 Å². The van der Waals surface area contributed by atoms with Gasteiger partial charge in [-0.15, -0.1) is 0 Å². The van der Waals surface area contributed by atoms with Crippen LogP contribution < -0.4 is 15.8 Å². The Kier molecular flexibility index (Phi) is 5.24. The van der Waals surface area contributed by atoms with Crippen molar-refractivity contribution in [2.45, 2.75) is 0 Å². The molecule has 0 radical (unpaired) electrons. The zero-order valence-electron chi connectivity index (χ0n) is 13.9. The Morgan fingerprint density at radius 3 is 2.50 bits per heavy atom. The van der Waals surface area contributed by atoms with Gasteiger partial charge in [0.2, 0.25) is 0 Å². The quantitative estimate of drug-likeness (QED) is 0.528. The third kappa shape index (κ3) is 4.45. The number of nitrogens with two attached hydrogens (primary N) is 1. The summed E-state index contributed by atoms with van der Waals surface area (Å²) < 4.78 is 5.44. The Hall–Kier alpha value is -3.67. The first-order valence-electron chi connectivity index (χ1n) is 7.95. The highest BCUT2D eigenvalue weighted by molar-refractivity contribution is 6.09. The van der Waals surface area contributed by atoms with Crippen LogP contribution in [0.25, 0.3) is 0 Å². The van der Waals surface area contributed by atoms with Gasteiger partial charge in [-0.1, -0.05) is 12.1 Å². The minimum absolute atomic E-state index is 0.127. The van der Waals surface area contributed by atoms with Gasteiger partial charge in [-0.25, -0.2) is 0 Å². The van der Waals surface area contributed by atoms with E-state index < -0.39 is 0 Å². The molecule has 0 aliphatic heterocycles. The average molecular weight is 347 g/mol. The van der Waals surface area contributed by atoms with Crippen LogP contribution in [-0.4, -0.2) is 23.3 Å². The zero-order valence-corrected chi connectivity index (χ0v) is 13.9. The monoisotopic (exact) mass is 347 g/mol. The Balaban J connectivity index is 1.57. The number of nitrogens with zero attached hydrogens (tertiary/aromatic N) is 1. The van der Waals surface area contributed by atoms with Crippen molar-refractivity contribution in [3.8, 4) is 5.75 Å². The molecule has 0 aliphatic rings. The fourth-order valence-electron chi connectivity index (χ4n) is 2.33. The van der Waals surface area contributed by atoms with Crippen molar-refractivity contribution in [3.63, 3.8) is 0 Å². The van der Waals surface area contributed by atoms with Crippen LogP contribution in [0.4, 0.5) is 11.4 Å². The molecule has 6 heteroatoms. The van der Waals surface area contributed by atoms with E-state index in [0.29, 0.717) is 28.3 Å². The lowest BCUT2D eigenvalue weighted by Crippen LogP contribution is -2.20. The molecule has 0 spiro atoms. The lowest BCUT2D eigenvalue weighted by molar-refractivity contribution is -0.118. The van der Waals surface area contributed by atoms with Crippen molar-refractivity contribution in [1.82, 2.24) is 4.98 Å². The second-order valence-corrected chi connectivity index (χ2v) is 5.56. The molecule has 0 bridgehead atoms. The number of hydrogen-bond acceptors (Lipinski definition) is 5. The molecular formula is C20H17N3O3. The SMILES string of the molecule is Nc1cccc(C(=O)c2ccc(OCC(=O)Nc3cccnc3)cc2)c1. The van der Waals surface area contributed by atoms with Gasteiger partial charge in [-0.05, 0) is 48.5 Å². The van der Waals surface area contributed by atoms with E-state index >= 15 is 0 Å². The number of carbonyl (C=O) groups is 2. The standard InChI is InChI=1S/C20H17N3O3/c21-16-4-1-3-15(11-16)20(25)14-6-8-18(9-7-14)26-13-19(24)23-17-5-2-10-22-12-17/h1-12H,13,21H2,(H,23,24). The van der Waals surface area contributed by atoms with Gasteiger partial charge in [0.15, 0.2) is 12.4 Å². The molecule has 3 aromatic rings. The van der Waals surface area contributed by atoms with Crippen LogP contribution >= 0.6 is 0 Å². The largest absolute Gasteiger partial charge is 0.484 e. The number of ketones is 1. The molecular weight excluding hydrogens is 330 g/mol. The summed E-state index contributed by atoms with van der Waals surface area (Å²) in [6, 6.07) is 16.9. The molecule has 3 N–H and O–H groups in total. The van der Waals surface area contributed by atoms with Crippen LogP contribution in [0.2, 0.25) is 0 Å². The summed E-state index contributed by atoms with van der Waals surface area (Å²) >= 11 is 0. The van der Waals surface area contributed by atoms with Crippen molar-refractivity contribution in [1.29, 1.82) is 0 Å². The minimum atomic E-state index is -0.294. The number of carbonyl (C=O) groups excluding carboxylic acids is 2. The Labute approximate surface area is 150 Å². The number of anilines is 2. The summed E-state index contributed by atoms with van der Waals surface area (Å²) in [5.74, 6) is 0.0755. The fourth-order valence-corrected chi connectivity index (χ4v) is 2.33. The Morgan fingerprint density at radius 1 is 1.00 bits per heavy atom. The smallest absolute Gasteiger partial charge is 0.262 e. The first-order chi connectivity index (χ1) is 12.6. The van der Waals surface area contributed by atoms with Gasteiger partial charge in [0.25, 0.3) is 5.91 Å². The molecule has 0 saturated carbocycles. The number of benzene rings is 2. The molecule has 2 aromatic carbocycles. The highest BCUT2D eigenvalue weighted by Gasteiger charge is 2.10. The summed E-state index contributed by atoms with van der Waals surface area (Å²) in [5, 5.41) is 2.68. The van der Waals surface area contributed by atoms with Gasteiger partial charge in [-0.3, -0.25) is 14.6 Å². The van der Waals surface area contributed by atoms with E-state index in [0.717, 1.165) is 0 Å². The van der Waals surface area contributed by atoms with E-state index in [1.807, 2.05) is 0 Å². The van der Waals surface area contributed by atoms with Crippen LogP contribution in [0.1, 0.15) is 15.9 Å². The molecule has 1 amide bonds. The van der Waals surface area contributed by atoms with Crippen LogP contribution in [0.15, 0.2) is 73.1 Å². The number of nitrogen functional groups attached to an aromatic ring is 1. The highest BCUT2D eigenvalue weighted by atomic mass is 16.5. The van der Waals surface area contributed by atoms with Gasteiger partial charge in [0.05, 0.1) is 11.9 Å². The summed E-state index contributed by atoms with van der Waals surface area (Å²) in [6.07, 6.45) is 3.17. The zero-order chi connectivity index (χ0) is 18.4. The van der Waals surface area contributed by atoms with E-state index in [1.165, 1.54) is 0 Å². The molecule has 0 atom stereocenters. The van der Waals surface area contributed by atoms with Crippen LogP contribution in [-0.2, 0) is 4.79 Å². The number of hydrogen-bond donors (Lipinski definition) is 2. The average Bonchev–Trinajstić information content (AvgIpc) is 2.67. The second-order valence-electron chi connectivity index (χ2n) is 5.56. The molecule has 0 fully saturated rings. The minimum Gasteiger partial charge on any atom is -0.484 e. The van der Waals surface area contributed by atoms with Crippen molar-refractivity contribution >= 4 is 23.1 Å². The number of nitrogens with one attached hydrogen (secondary N) is 1. The van der Waals surface area contributed by atoms with E-state index in [1.54, 1.807) is 73.1 Å². The first kappa shape index (κ1) is 17.2. The van der Waals surface area contributed by atoms with E-state index in [-0.39, 0.29) is 18.3 Å². The predicted molar refractivity (Wildman–Crippen MR) is 99.1 cm³/mol. The summed E-state index contributed by atoms with van der Waals surface area (Å²) in [5.41, 5.74) is 7.89. The van der Waals surface area contributed by atoms with Crippen molar-refractivity contribution in [2.75, 3.05) is 17.7 Å². The predicted octanol–water partition coefficient (Wildman–Crippen LogP) is 2.91. The molecule has 130 valence electrons. The summed E-state index contributed by atoms with van der Waals surface area (Å²) in [7, 11) is 0. The van der Waals surface area contributed by atoms with Gasteiger partial charge in [0, 0.05) is 23.0 Å². The van der Waals surface area contributed by atoms with Gasteiger partial charge >= 0.3 is 0 Å². The number of amides is 1. The molecule has 0 aliphatic carbocycles. The lowest BCUT2D eigenvalue weighted by atomic mass is 10.0. The lowest BCUT2D eigenvalue weighted by Gasteiger charge is -2.08. The molecule has 26 heavy (non-hydrogen) atoms. The van der Waals surface area contributed by atoms with Crippen molar-refractivity contribution < 1.29 is 14.3 Å². The normalized spacial score (nSPS) is 10.2. The second kappa shape index (κ2) is 7.94. The topological polar surface area (TPSA) is 94.3 Å². The molecule has 1 aromatic heterocycles. The number of aromatic nitrogens is 1. The Bertz CT molecular complexity index is 909. The number of ether oxygens (including phenoxy) is 1. The van der Waals surface area contributed by atoms with Gasteiger partial charge in [-0.2, -0.15) is 0 Å². The maximum absolute atomic E-state index is 12.4. The summed E-state index contributed by atoms with van der Waals surface area (Å²) in [6.45, 7) is -0.141. The third-order valence-corrected chi connectivity index (χ3v) is 3.58.